The molecular formula is C17H16ClNO2. The molecule has 2 rings (SSSR count). The number of hydrogen-bond donors (Lipinski definition) is 1. The third kappa shape index (κ3) is 3.55. The van der Waals surface area contributed by atoms with E-state index in [1.165, 1.54) is 0 Å². The number of halogens is 1. The quantitative estimate of drug-likeness (QED) is 0.896. The van der Waals surface area contributed by atoms with Crippen molar-refractivity contribution in [1.29, 1.82) is 5.26 Å². The molecule has 0 radical (unpaired) electrons. The van der Waals surface area contributed by atoms with Gasteiger partial charge >= 0.3 is 0 Å². The maximum Gasteiger partial charge on any atom is 0.134 e. The molecule has 0 aliphatic heterocycles. The molecule has 0 amide bonds. The molecule has 1 atom stereocenters. The molecule has 1 N–H and O–H groups in total. The number of nitrogens with zero attached hydrogens (tertiary/aromatic N) is 1. The van der Waals surface area contributed by atoms with Crippen molar-refractivity contribution in [2.75, 3.05) is 0 Å². The van der Waals surface area contributed by atoms with Crippen molar-refractivity contribution in [2.24, 2.45) is 0 Å². The number of nitriles is 1. The number of benzene rings is 2. The molecule has 1 unspecified atom stereocenters. The zero-order valence-corrected chi connectivity index (χ0v) is 12.7. The van der Waals surface area contributed by atoms with Gasteiger partial charge in [0.2, 0.25) is 0 Å². The van der Waals surface area contributed by atoms with Crippen LogP contribution >= 0.6 is 11.6 Å². The molecule has 0 aliphatic carbocycles. The molecule has 0 spiro atoms. The summed E-state index contributed by atoms with van der Waals surface area (Å²) in [6.07, 6.45) is 0.128. The fourth-order valence-electron chi connectivity index (χ4n) is 2.05. The van der Waals surface area contributed by atoms with Gasteiger partial charge in [0.15, 0.2) is 0 Å². The van der Waals surface area contributed by atoms with Crippen LogP contribution < -0.4 is 4.74 Å². The molecule has 3 nitrogen and oxygen atoms in total. The van der Waals surface area contributed by atoms with Crippen LogP contribution in [0.4, 0.5) is 0 Å². The van der Waals surface area contributed by atoms with Crippen LogP contribution in [0.25, 0.3) is 0 Å². The Morgan fingerprint density at radius 2 is 2.05 bits per heavy atom. The second kappa shape index (κ2) is 6.62. The zero-order valence-electron chi connectivity index (χ0n) is 11.9. The summed E-state index contributed by atoms with van der Waals surface area (Å²) in [6.45, 7) is 3.68. The summed E-state index contributed by atoms with van der Waals surface area (Å²) in [5.74, 6) is 1.11. The topological polar surface area (TPSA) is 53.2 Å². The van der Waals surface area contributed by atoms with Gasteiger partial charge in [-0.05, 0) is 49.2 Å². The lowest BCUT2D eigenvalue weighted by Gasteiger charge is -2.14. The van der Waals surface area contributed by atoms with Crippen molar-refractivity contribution in [1.82, 2.24) is 0 Å². The van der Waals surface area contributed by atoms with Crippen LogP contribution in [-0.2, 0) is 6.42 Å². The van der Waals surface area contributed by atoms with Crippen LogP contribution in [0.15, 0.2) is 36.4 Å². The molecule has 0 aromatic heterocycles. The maximum atomic E-state index is 9.81. The monoisotopic (exact) mass is 301 g/mol. The van der Waals surface area contributed by atoms with Gasteiger partial charge in [0, 0.05) is 10.6 Å². The first-order valence-corrected chi connectivity index (χ1v) is 7.11. The number of hydrogen-bond acceptors (Lipinski definition) is 3. The minimum Gasteiger partial charge on any atom is -0.457 e. The van der Waals surface area contributed by atoms with Crippen molar-refractivity contribution >= 4 is 11.6 Å². The molecule has 0 aliphatic rings. The molecule has 4 heteroatoms. The smallest absolute Gasteiger partial charge is 0.134 e. The van der Waals surface area contributed by atoms with Crippen LogP contribution in [0.3, 0.4) is 0 Å². The Morgan fingerprint density at radius 1 is 1.29 bits per heavy atom. The zero-order chi connectivity index (χ0) is 15.4. The third-order valence-electron chi connectivity index (χ3n) is 3.22. The molecule has 2 aromatic carbocycles. The minimum atomic E-state index is -0.675. The van der Waals surface area contributed by atoms with E-state index in [9.17, 15) is 5.11 Å². The summed E-state index contributed by atoms with van der Waals surface area (Å²) in [5, 5.41) is 19.5. The van der Waals surface area contributed by atoms with Crippen LogP contribution in [0.5, 0.6) is 11.5 Å². The average Bonchev–Trinajstić information content (AvgIpc) is 2.48. The van der Waals surface area contributed by atoms with Crippen LogP contribution in [0.2, 0.25) is 5.02 Å². The van der Waals surface area contributed by atoms with Gasteiger partial charge in [-0.15, -0.1) is 0 Å². The van der Waals surface area contributed by atoms with Crippen molar-refractivity contribution in [3.63, 3.8) is 0 Å². The van der Waals surface area contributed by atoms with Crippen LogP contribution in [-0.4, -0.2) is 5.11 Å². The fraction of sp³-hybridized carbons (Fsp3) is 0.235. The molecule has 2 aromatic rings. The Balaban J connectivity index is 2.40. The fourth-order valence-corrected chi connectivity index (χ4v) is 2.30. The predicted octanol–water partition coefficient (Wildman–Crippen LogP) is 4.62. The number of ether oxygens (including phenoxy) is 1. The second-order valence-corrected chi connectivity index (χ2v) is 5.16. The largest absolute Gasteiger partial charge is 0.457 e. The van der Waals surface area contributed by atoms with Crippen molar-refractivity contribution < 1.29 is 9.84 Å². The SMILES string of the molecule is CCc1cc(Oc2cc(C#N)ccc2C(C)O)ccc1Cl. The Kier molecular flexibility index (Phi) is 4.85. The standard InChI is InChI=1S/C17H16ClNO2/c1-3-13-9-14(5-7-16(13)18)21-17-8-12(10-19)4-6-15(17)11(2)20/h4-9,11,20H,3H2,1-2H3. The molecule has 0 fully saturated rings. The Morgan fingerprint density at radius 3 is 2.67 bits per heavy atom. The molecular weight excluding hydrogens is 286 g/mol. The van der Waals surface area contributed by atoms with Gasteiger partial charge in [-0.2, -0.15) is 5.26 Å². The van der Waals surface area contributed by atoms with Crippen molar-refractivity contribution in [3.05, 3.63) is 58.1 Å². The van der Waals surface area contributed by atoms with E-state index < -0.39 is 6.10 Å². The highest BCUT2D eigenvalue weighted by molar-refractivity contribution is 6.31. The Hall–Kier alpha value is -2.02. The van der Waals surface area contributed by atoms with Gasteiger partial charge in [0.1, 0.15) is 11.5 Å². The minimum absolute atomic E-state index is 0.480. The van der Waals surface area contributed by atoms with Gasteiger partial charge < -0.3 is 9.84 Å². The van der Waals surface area contributed by atoms with E-state index in [-0.39, 0.29) is 0 Å². The maximum absolute atomic E-state index is 9.81. The first-order valence-electron chi connectivity index (χ1n) is 6.73. The van der Waals surface area contributed by atoms with E-state index >= 15 is 0 Å². The summed E-state index contributed by atoms with van der Waals surface area (Å²) in [7, 11) is 0. The molecule has 21 heavy (non-hydrogen) atoms. The number of aliphatic hydroxyl groups excluding tert-OH is 1. The van der Waals surface area contributed by atoms with Crippen LogP contribution in [0, 0.1) is 11.3 Å². The highest BCUT2D eigenvalue weighted by Crippen LogP contribution is 2.32. The van der Waals surface area contributed by atoms with E-state index in [1.807, 2.05) is 13.0 Å². The van der Waals surface area contributed by atoms with E-state index in [2.05, 4.69) is 6.07 Å². The van der Waals surface area contributed by atoms with Gasteiger partial charge in [-0.3, -0.25) is 0 Å². The molecule has 108 valence electrons. The molecule has 0 heterocycles. The summed E-state index contributed by atoms with van der Waals surface area (Å²) in [6, 6.07) is 12.5. The lowest BCUT2D eigenvalue weighted by molar-refractivity contribution is 0.195. The van der Waals surface area contributed by atoms with E-state index in [4.69, 9.17) is 21.6 Å². The Bertz CT molecular complexity index is 690. The van der Waals surface area contributed by atoms with Gasteiger partial charge in [0.05, 0.1) is 17.7 Å². The van der Waals surface area contributed by atoms with E-state index in [0.717, 1.165) is 12.0 Å². The van der Waals surface area contributed by atoms with Crippen LogP contribution in [0.1, 0.15) is 36.6 Å². The number of aliphatic hydroxyl groups is 1. The number of rotatable bonds is 4. The van der Waals surface area contributed by atoms with Gasteiger partial charge in [0.25, 0.3) is 0 Å². The average molecular weight is 302 g/mol. The van der Waals surface area contributed by atoms with Crippen molar-refractivity contribution in [2.45, 2.75) is 26.4 Å². The second-order valence-electron chi connectivity index (χ2n) is 4.75. The first kappa shape index (κ1) is 15.4. The first-order chi connectivity index (χ1) is 10.0. The van der Waals surface area contributed by atoms with Gasteiger partial charge in [-0.25, -0.2) is 0 Å². The molecule has 0 saturated heterocycles. The summed E-state index contributed by atoms with van der Waals surface area (Å²) in [5.41, 5.74) is 2.12. The highest BCUT2D eigenvalue weighted by Gasteiger charge is 2.12. The van der Waals surface area contributed by atoms with E-state index in [1.54, 1.807) is 37.3 Å². The summed E-state index contributed by atoms with van der Waals surface area (Å²) < 4.78 is 5.84. The number of aryl methyl sites for hydroxylation is 1. The third-order valence-corrected chi connectivity index (χ3v) is 3.59. The lowest BCUT2D eigenvalue weighted by Crippen LogP contribution is -1.97. The van der Waals surface area contributed by atoms with Gasteiger partial charge in [-0.1, -0.05) is 24.6 Å². The highest BCUT2D eigenvalue weighted by atomic mass is 35.5. The Labute approximate surface area is 129 Å². The van der Waals surface area contributed by atoms with E-state index in [0.29, 0.717) is 27.6 Å². The summed E-state index contributed by atoms with van der Waals surface area (Å²) >= 11 is 6.09. The normalized spacial score (nSPS) is 11.8. The molecule has 0 bridgehead atoms. The lowest BCUT2D eigenvalue weighted by atomic mass is 10.1. The molecule has 0 saturated carbocycles. The predicted molar refractivity (Wildman–Crippen MR) is 82.7 cm³/mol. The van der Waals surface area contributed by atoms with Crippen molar-refractivity contribution in [3.8, 4) is 17.6 Å². The summed E-state index contributed by atoms with van der Waals surface area (Å²) in [4.78, 5) is 0.